The van der Waals surface area contributed by atoms with E-state index in [-0.39, 0.29) is 0 Å². The molecule has 1 atom stereocenters. The highest BCUT2D eigenvalue weighted by atomic mass is 32.1. The number of hydrogen-bond acceptors (Lipinski definition) is 3. The number of ether oxygens (including phenoxy) is 1. The van der Waals surface area contributed by atoms with Crippen LogP contribution in [0.2, 0.25) is 0 Å². The Kier molecular flexibility index (Phi) is 4.39. The van der Waals surface area contributed by atoms with E-state index < -0.39 is 0 Å². The van der Waals surface area contributed by atoms with Gasteiger partial charge in [-0.15, -0.1) is 0 Å². The van der Waals surface area contributed by atoms with Crippen LogP contribution in [0.15, 0.2) is 35.0 Å². The zero-order valence-corrected chi connectivity index (χ0v) is 11.9. The second-order valence-corrected chi connectivity index (χ2v) is 5.11. The molecule has 0 saturated carbocycles. The van der Waals surface area contributed by atoms with Gasteiger partial charge in [-0.05, 0) is 53.9 Å². The summed E-state index contributed by atoms with van der Waals surface area (Å²) in [5, 5.41) is 7.82. The van der Waals surface area contributed by atoms with Crippen molar-refractivity contribution in [2.75, 3.05) is 14.2 Å². The Labute approximate surface area is 113 Å². The normalized spacial score (nSPS) is 12.4. The largest absolute Gasteiger partial charge is 0.496 e. The number of benzene rings is 1. The fraction of sp³-hybridized carbons (Fsp3) is 0.333. The lowest BCUT2D eigenvalue weighted by Crippen LogP contribution is -2.19. The molecule has 18 heavy (non-hydrogen) atoms. The van der Waals surface area contributed by atoms with Gasteiger partial charge in [-0.3, -0.25) is 0 Å². The monoisotopic (exact) mass is 261 g/mol. The van der Waals surface area contributed by atoms with Crippen LogP contribution in [0.5, 0.6) is 5.75 Å². The molecule has 0 fully saturated rings. The second-order valence-electron chi connectivity index (χ2n) is 4.37. The third kappa shape index (κ3) is 2.74. The van der Waals surface area contributed by atoms with Crippen LogP contribution in [0, 0.1) is 6.92 Å². The Hall–Kier alpha value is -1.32. The molecule has 1 aromatic carbocycles. The second kappa shape index (κ2) is 6.03. The molecular weight excluding hydrogens is 242 g/mol. The van der Waals surface area contributed by atoms with E-state index in [4.69, 9.17) is 4.74 Å². The average Bonchev–Trinajstić information content (AvgIpc) is 2.82. The van der Waals surface area contributed by atoms with E-state index in [0.717, 1.165) is 12.2 Å². The highest BCUT2D eigenvalue weighted by Crippen LogP contribution is 2.28. The van der Waals surface area contributed by atoms with Crippen LogP contribution in [0.1, 0.15) is 22.7 Å². The van der Waals surface area contributed by atoms with E-state index in [1.165, 1.54) is 16.7 Å². The lowest BCUT2D eigenvalue weighted by molar-refractivity contribution is 0.406. The highest BCUT2D eigenvalue weighted by Gasteiger charge is 2.15. The van der Waals surface area contributed by atoms with Crippen molar-refractivity contribution >= 4 is 11.3 Å². The Balaban J connectivity index is 2.23. The van der Waals surface area contributed by atoms with Gasteiger partial charge in [-0.25, -0.2) is 0 Å². The third-order valence-electron chi connectivity index (χ3n) is 3.24. The summed E-state index contributed by atoms with van der Waals surface area (Å²) in [6.45, 7) is 2.17. The van der Waals surface area contributed by atoms with Crippen LogP contribution in [-0.2, 0) is 6.42 Å². The van der Waals surface area contributed by atoms with Crippen LogP contribution >= 0.6 is 11.3 Å². The summed E-state index contributed by atoms with van der Waals surface area (Å²) in [6.07, 6.45) is 0.943. The Morgan fingerprint density at radius 1 is 1.28 bits per heavy atom. The molecule has 0 saturated heterocycles. The topological polar surface area (TPSA) is 21.3 Å². The van der Waals surface area contributed by atoms with Gasteiger partial charge in [0.05, 0.1) is 7.11 Å². The number of likely N-dealkylation sites (N-methyl/N-ethyl adjacent to an activating group) is 1. The summed E-state index contributed by atoms with van der Waals surface area (Å²) in [6, 6.07) is 8.55. The zero-order valence-electron chi connectivity index (χ0n) is 11.1. The van der Waals surface area contributed by atoms with E-state index in [1.807, 2.05) is 19.2 Å². The van der Waals surface area contributed by atoms with Crippen molar-refractivity contribution in [2.45, 2.75) is 19.4 Å². The molecule has 0 amide bonds. The summed E-state index contributed by atoms with van der Waals surface area (Å²) >= 11 is 1.76. The highest BCUT2D eigenvalue weighted by molar-refractivity contribution is 7.08. The zero-order chi connectivity index (χ0) is 13.0. The SMILES string of the molecule is CNC(Cc1ccccc1OC)c1cscc1C. The number of aryl methyl sites for hydroxylation is 1. The molecule has 96 valence electrons. The maximum atomic E-state index is 5.41. The molecule has 2 aromatic rings. The molecular formula is C15H19NOS. The Bertz CT molecular complexity index is 507. The van der Waals surface area contributed by atoms with Gasteiger partial charge in [-0.1, -0.05) is 18.2 Å². The van der Waals surface area contributed by atoms with E-state index in [1.54, 1.807) is 18.4 Å². The van der Waals surface area contributed by atoms with Gasteiger partial charge in [0, 0.05) is 6.04 Å². The van der Waals surface area contributed by atoms with Gasteiger partial charge in [-0.2, -0.15) is 11.3 Å². The van der Waals surface area contributed by atoms with Gasteiger partial charge < -0.3 is 10.1 Å². The minimum absolute atomic E-state index is 0.340. The molecule has 1 heterocycles. The summed E-state index contributed by atoms with van der Waals surface area (Å²) in [4.78, 5) is 0. The molecule has 0 aliphatic heterocycles. The standard InChI is InChI=1S/C15H19NOS/c1-11-9-18-10-13(11)14(16-2)8-12-6-4-5-7-15(12)17-3/h4-7,9-10,14,16H,8H2,1-3H3. The summed E-state index contributed by atoms with van der Waals surface area (Å²) in [5.41, 5.74) is 3.98. The fourth-order valence-electron chi connectivity index (χ4n) is 2.19. The van der Waals surface area contributed by atoms with Crippen LogP contribution in [0.3, 0.4) is 0 Å². The quantitative estimate of drug-likeness (QED) is 0.888. The van der Waals surface area contributed by atoms with Crippen molar-refractivity contribution in [1.82, 2.24) is 5.32 Å². The first-order chi connectivity index (χ1) is 8.76. The first kappa shape index (κ1) is 13.1. The minimum atomic E-state index is 0.340. The van der Waals surface area contributed by atoms with E-state index in [9.17, 15) is 0 Å². The molecule has 1 unspecified atom stereocenters. The number of methoxy groups -OCH3 is 1. The van der Waals surface area contributed by atoms with Crippen molar-refractivity contribution in [1.29, 1.82) is 0 Å². The average molecular weight is 261 g/mol. The number of nitrogens with one attached hydrogen (secondary N) is 1. The van der Waals surface area contributed by atoms with Crippen molar-refractivity contribution in [3.63, 3.8) is 0 Å². The molecule has 3 heteroatoms. The summed E-state index contributed by atoms with van der Waals surface area (Å²) < 4.78 is 5.41. The predicted molar refractivity (Wildman–Crippen MR) is 77.6 cm³/mol. The maximum Gasteiger partial charge on any atom is 0.122 e. The predicted octanol–water partition coefficient (Wildman–Crippen LogP) is 3.57. The van der Waals surface area contributed by atoms with Crippen LogP contribution in [0.25, 0.3) is 0 Å². The molecule has 0 aliphatic rings. The molecule has 0 radical (unpaired) electrons. The van der Waals surface area contributed by atoms with Gasteiger partial charge >= 0.3 is 0 Å². The first-order valence-electron chi connectivity index (χ1n) is 6.08. The third-order valence-corrected chi connectivity index (χ3v) is 4.12. The first-order valence-corrected chi connectivity index (χ1v) is 7.02. The van der Waals surface area contributed by atoms with Gasteiger partial charge in [0.1, 0.15) is 5.75 Å². The minimum Gasteiger partial charge on any atom is -0.496 e. The van der Waals surface area contributed by atoms with Gasteiger partial charge in [0.2, 0.25) is 0 Å². The molecule has 1 aromatic heterocycles. The van der Waals surface area contributed by atoms with Gasteiger partial charge in [0.25, 0.3) is 0 Å². The molecule has 0 aliphatic carbocycles. The van der Waals surface area contributed by atoms with Crippen molar-refractivity contribution in [2.24, 2.45) is 0 Å². The number of rotatable bonds is 5. The number of thiophene rings is 1. The summed E-state index contributed by atoms with van der Waals surface area (Å²) in [5.74, 6) is 0.964. The molecule has 0 spiro atoms. The molecule has 2 nitrogen and oxygen atoms in total. The smallest absolute Gasteiger partial charge is 0.122 e. The van der Waals surface area contributed by atoms with Crippen LogP contribution < -0.4 is 10.1 Å². The fourth-order valence-corrected chi connectivity index (χ4v) is 3.09. The van der Waals surface area contributed by atoms with Gasteiger partial charge in [0.15, 0.2) is 0 Å². The molecule has 1 N–H and O–H groups in total. The lowest BCUT2D eigenvalue weighted by Gasteiger charge is -2.18. The number of hydrogen-bond donors (Lipinski definition) is 1. The van der Waals surface area contributed by atoms with E-state index in [0.29, 0.717) is 6.04 Å². The maximum absolute atomic E-state index is 5.41. The Morgan fingerprint density at radius 3 is 2.67 bits per heavy atom. The summed E-state index contributed by atoms with van der Waals surface area (Å²) in [7, 11) is 3.74. The van der Waals surface area contributed by atoms with Crippen LogP contribution in [0.4, 0.5) is 0 Å². The van der Waals surface area contributed by atoms with Crippen molar-refractivity contribution < 1.29 is 4.74 Å². The van der Waals surface area contributed by atoms with Crippen molar-refractivity contribution in [3.05, 3.63) is 51.7 Å². The van der Waals surface area contributed by atoms with Crippen LogP contribution in [-0.4, -0.2) is 14.2 Å². The van der Waals surface area contributed by atoms with E-state index >= 15 is 0 Å². The molecule has 2 rings (SSSR count). The van der Waals surface area contributed by atoms with Crippen molar-refractivity contribution in [3.8, 4) is 5.75 Å². The Morgan fingerprint density at radius 2 is 2.06 bits per heavy atom. The molecule has 0 bridgehead atoms. The lowest BCUT2D eigenvalue weighted by atomic mass is 9.98. The van der Waals surface area contributed by atoms with E-state index in [2.05, 4.69) is 35.1 Å². The number of para-hydroxylation sites is 1.